The van der Waals surface area contributed by atoms with Crippen LogP contribution in [0.2, 0.25) is 5.02 Å². The fraction of sp³-hybridized carbons (Fsp3) is 0.263. The molecule has 138 valence electrons. The summed E-state index contributed by atoms with van der Waals surface area (Å²) in [4.78, 5) is 26.0. The molecule has 6 nitrogen and oxygen atoms in total. The summed E-state index contributed by atoms with van der Waals surface area (Å²) in [6, 6.07) is 12.0. The molecule has 0 aromatic heterocycles. The van der Waals surface area contributed by atoms with Gasteiger partial charge in [0, 0.05) is 11.9 Å². The van der Waals surface area contributed by atoms with Crippen molar-refractivity contribution >= 4 is 34.8 Å². The molecule has 0 saturated carbocycles. The molecule has 0 radical (unpaired) electrons. The van der Waals surface area contributed by atoms with Crippen molar-refractivity contribution in [2.45, 2.75) is 13.8 Å². The SMILES string of the molecule is CCOc1ccccc1N(CC(=O)Nc1cc(Cl)ccc1OC)C(C)=O. The third-order valence-electron chi connectivity index (χ3n) is 3.57. The molecular weight excluding hydrogens is 356 g/mol. The average Bonchev–Trinajstić information content (AvgIpc) is 2.61. The van der Waals surface area contributed by atoms with Crippen molar-refractivity contribution in [1.29, 1.82) is 0 Å². The first-order valence-corrected chi connectivity index (χ1v) is 8.47. The zero-order valence-electron chi connectivity index (χ0n) is 14.9. The highest BCUT2D eigenvalue weighted by Crippen LogP contribution is 2.30. The molecule has 0 atom stereocenters. The van der Waals surface area contributed by atoms with Gasteiger partial charge >= 0.3 is 0 Å². The third-order valence-corrected chi connectivity index (χ3v) is 3.81. The molecule has 0 unspecified atom stereocenters. The van der Waals surface area contributed by atoms with Crippen LogP contribution in [0.5, 0.6) is 11.5 Å². The predicted molar refractivity (Wildman–Crippen MR) is 102 cm³/mol. The minimum Gasteiger partial charge on any atom is -0.495 e. The molecule has 0 fully saturated rings. The largest absolute Gasteiger partial charge is 0.495 e. The number of amides is 2. The van der Waals surface area contributed by atoms with Gasteiger partial charge in [0.25, 0.3) is 0 Å². The highest BCUT2D eigenvalue weighted by atomic mass is 35.5. The van der Waals surface area contributed by atoms with Crippen molar-refractivity contribution < 1.29 is 19.1 Å². The molecule has 0 heterocycles. The maximum Gasteiger partial charge on any atom is 0.244 e. The van der Waals surface area contributed by atoms with Gasteiger partial charge in [-0.25, -0.2) is 0 Å². The molecule has 2 aromatic rings. The van der Waals surface area contributed by atoms with E-state index in [0.717, 1.165) is 0 Å². The lowest BCUT2D eigenvalue weighted by Gasteiger charge is -2.23. The van der Waals surface area contributed by atoms with Crippen molar-refractivity contribution in [3.8, 4) is 11.5 Å². The van der Waals surface area contributed by atoms with Crippen molar-refractivity contribution in [3.05, 3.63) is 47.5 Å². The summed E-state index contributed by atoms with van der Waals surface area (Å²) in [5, 5.41) is 3.19. The monoisotopic (exact) mass is 376 g/mol. The van der Waals surface area contributed by atoms with E-state index in [1.165, 1.54) is 18.9 Å². The number of carbonyl (C=O) groups is 2. The van der Waals surface area contributed by atoms with Gasteiger partial charge < -0.3 is 14.8 Å². The van der Waals surface area contributed by atoms with Crippen molar-refractivity contribution in [2.24, 2.45) is 0 Å². The maximum atomic E-state index is 12.5. The normalized spacial score (nSPS) is 10.2. The van der Waals surface area contributed by atoms with Gasteiger partial charge in [-0.15, -0.1) is 0 Å². The first-order valence-electron chi connectivity index (χ1n) is 8.09. The van der Waals surface area contributed by atoms with Crippen LogP contribution >= 0.6 is 11.6 Å². The highest BCUT2D eigenvalue weighted by Gasteiger charge is 2.20. The summed E-state index contributed by atoms with van der Waals surface area (Å²) in [6.45, 7) is 3.53. The van der Waals surface area contributed by atoms with E-state index in [2.05, 4.69) is 5.32 Å². The maximum absolute atomic E-state index is 12.5. The van der Waals surface area contributed by atoms with Crippen LogP contribution in [0.15, 0.2) is 42.5 Å². The lowest BCUT2D eigenvalue weighted by molar-refractivity contribution is -0.120. The highest BCUT2D eigenvalue weighted by molar-refractivity contribution is 6.31. The van der Waals surface area contributed by atoms with Crippen LogP contribution in [0.25, 0.3) is 0 Å². The first-order chi connectivity index (χ1) is 12.5. The van der Waals surface area contributed by atoms with E-state index in [1.54, 1.807) is 36.4 Å². The second kappa shape index (κ2) is 9.10. The Bertz CT molecular complexity index is 795. The van der Waals surface area contributed by atoms with Crippen LogP contribution in [-0.4, -0.2) is 32.1 Å². The van der Waals surface area contributed by atoms with Crippen LogP contribution in [0.4, 0.5) is 11.4 Å². The molecule has 0 bridgehead atoms. The molecule has 0 aliphatic rings. The lowest BCUT2D eigenvalue weighted by Crippen LogP contribution is -2.37. The second-order valence-electron chi connectivity index (χ2n) is 5.40. The van der Waals surface area contributed by atoms with Crippen LogP contribution in [0, 0.1) is 0 Å². The van der Waals surface area contributed by atoms with Gasteiger partial charge in [-0.3, -0.25) is 14.5 Å². The molecule has 0 spiro atoms. The molecule has 2 amide bonds. The van der Waals surface area contributed by atoms with Crippen molar-refractivity contribution in [3.63, 3.8) is 0 Å². The van der Waals surface area contributed by atoms with E-state index < -0.39 is 0 Å². The van der Waals surface area contributed by atoms with E-state index in [9.17, 15) is 9.59 Å². The molecule has 2 rings (SSSR count). The van der Waals surface area contributed by atoms with E-state index in [1.807, 2.05) is 13.0 Å². The van der Waals surface area contributed by atoms with Crippen LogP contribution in [0.3, 0.4) is 0 Å². The zero-order chi connectivity index (χ0) is 19.1. The number of nitrogens with zero attached hydrogens (tertiary/aromatic N) is 1. The van der Waals surface area contributed by atoms with E-state index in [0.29, 0.717) is 34.5 Å². The Morgan fingerprint density at radius 3 is 2.54 bits per heavy atom. The Morgan fingerprint density at radius 1 is 1.15 bits per heavy atom. The van der Waals surface area contributed by atoms with Gasteiger partial charge in [0.05, 0.1) is 25.1 Å². The summed E-state index contributed by atoms with van der Waals surface area (Å²) in [5.41, 5.74) is 0.974. The average molecular weight is 377 g/mol. The van der Waals surface area contributed by atoms with Crippen molar-refractivity contribution in [1.82, 2.24) is 0 Å². The topological polar surface area (TPSA) is 67.9 Å². The van der Waals surface area contributed by atoms with Gasteiger partial charge in [0.2, 0.25) is 11.8 Å². The number of carbonyl (C=O) groups excluding carboxylic acids is 2. The summed E-state index contributed by atoms with van der Waals surface area (Å²) in [5.74, 6) is 0.364. The van der Waals surface area contributed by atoms with E-state index in [-0.39, 0.29) is 18.4 Å². The minimum absolute atomic E-state index is 0.172. The molecule has 7 heteroatoms. The first kappa shape index (κ1) is 19.6. The van der Waals surface area contributed by atoms with E-state index >= 15 is 0 Å². The smallest absolute Gasteiger partial charge is 0.244 e. The minimum atomic E-state index is -0.382. The molecule has 0 saturated heterocycles. The Hall–Kier alpha value is -2.73. The Balaban J connectivity index is 2.22. The standard InChI is InChI=1S/C19H21ClN2O4/c1-4-26-18-8-6-5-7-16(18)22(13(2)23)12-19(24)21-15-11-14(20)9-10-17(15)25-3/h5-11H,4,12H2,1-3H3,(H,21,24). The lowest BCUT2D eigenvalue weighted by atomic mass is 10.2. The van der Waals surface area contributed by atoms with Gasteiger partial charge in [0.15, 0.2) is 0 Å². The Morgan fingerprint density at radius 2 is 1.88 bits per heavy atom. The third kappa shape index (κ3) is 4.89. The number of halogens is 1. The zero-order valence-corrected chi connectivity index (χ0v) is 15.7. The van der Waals surface area contributed by atoms with Gasteiger partial charge in [-0.2, -0.15) is 0 Å². The fourth-order valence-electron chi connectivity index (χ4n) is 2.44. The summed E-state index contributed by atoms with van der Waals surface area (Å²) >= 11 is 5.98. The van der Waals surface area contributed by atoms with Crippen LogP contribution in [0.1, 0.15) is 13.8 Å². The number of ether oxygens (including phenoxy) is 2. The number of benzene rings is 2. The van der Waals surface area contributed by atoms with E-state index in [4.69, 9.17) is 21.1 Å². The quantitative estimate of drug-likeness (QED) is 0.799. The molecule has 0 aliphatic carbocycles. The number of hydrogen-bond acceptors (Lipinski definition) is 4. The number of methoxy groups -OCH3 is 1. The number of hydrogen-bond donors (Lipinski definition) is 1. The van der Waals surface area contributed by atoms with Gasteiger partial charge in [-0.05, 0) is 37.3 Å². The molecule has 1 N–H and O–H groups in total. The Labute approximate surface area is 157 Å². The predicted octanol–water partition coefficient (Wildman–Crippen LogP) is 3.74. The molecular formula is C19H21ClN2O4. The second-order valence-corrected chi connectivity index (χ2v) is 5.84. The number of nitrogens with one attached hydrogen (secondary N) is 1. The molecule has 2 aromatic carbocycles. The summed E-state index contributed by atoms with van der Waals surface area (Å²) in [7, 11) is 1.50. The van der Waals surface area contributed by atoms with Crippen molar-refractivity contribution in [2.75, 3.05) is 30.5 Å². The number of para-hydroxylation sites is 2. The van der Waals surface area contributed by atoms with Gasteiger partial charge in [0.1, 0.15) is 18.0 Å². The van der Waals surface area contributed by atoms with Crippen LogP contribution in [-0.2, 0) is 9.59 Å². The van der Waals surface area contributed by atoms with Crippen LogP contribution < -0.4 is 19.7 Å². The Kier molecular flexibility index (Phi) is 6.86. The molecule has 0 aliphatic heterocycles. The van der Waals surface area contributed by atoms with Gasteiger partial charge in [-0.1, -0.05) is 23.7 Å². The fourth-order valence-corrected chi connectivity index (χ4v) is 2.61. The molecule has 26 heavy (non-hydrogen) atoms. The number of rotatable bonds is 7. The summed E-state index contributed by atoms with van der Waals surface area (Å²) < 4.78 is 10.8. The number of anilines is 2. The summed E-state index contributed by atoms with van der Waals surface area (Å²) in [6.07, 6.45) is 0.